The number of nitrogens with one attached hydrogen (secondary N) is 1. The van der Waals surface area contributed by atoms with E-state index < -0.39 is 11.2 Å². The van der Waals surface area contributed by atoms with E-state index in [0.29, 0.717) is 6.54 Å². The predicted octanol–water partition coefficient (Wildman–Crippen LogP) is 2.77. The van der Waals surface area contributed by atoms with E-state index >= 15 is 0 Å². The Morgan fingerprint density at radius 3 is 2.45 bits per heavy atom. The molecular weight excluding hydrogens is 280 g/mol. The van der Waals surface area contributed by atoms with Crippen LogP contribution in [0.3, 0.4) is 0 Å². The third kappa shape index (κ3) is 6.13. The second kappa shape index (κ2) is 6.75. The van der Waals surface area contributed by atoms with E-state index in [9.17, 15) is 9.90 Å². The maximum Gasteiger partial charge on any atom is 0.410 e. The molecule has 0 bridgehead atoms. The number of hydrogen-bond donors (Lipinski definition) is 2. The Bertz CT molecular complexity index is 384. The number of nitrogens with zero attached hydrogens (tertiary/aromatic N) is 1. The first kappa shape index (κ1) is 19.2. The molecule has 1 saturated heterocycles. The Morgan fingerprint density at radius 1 is 1.36 bits per heavy atom. The number of rotatable bonds is 4. The van der Waals surface area contributed by atoms with Crippen molar-refractivity contribution >= 4 is 6.09 Å². The van der Waals surface area contributed by atoms with Crippen LogP contribution in [-0.4, -0.2) is 53.0 Å². The predicted molar refractivity (Wildman–Crippen MR) is 88.9 cm³/mol. The van der Waals surface area contributed by atoms with Crippen LogP contribution >= 0.6 is 0 Å². The standard InChI is InChI=1S/C17H34N2O3/c1-13(16(5,6)21)18-11-17(7)9-8-10-19(12-17)14(20)22-15(2,3)4/h13,18,21H,8-12H2,1-7H3. The zero-order valence-electron chi connectivity index (χ0n) is 15.3. The van der Waals surface area contributed by atoms with Gasteiger partial charge in [-0.05, 0) is 59.8 Å². The summed E-state index contributed by atoms with van der Waals surface area (Å²) in [6.07, 6.45) is 1.82. The molecular formula is C17H34N2O3. The lowest BCUT2D eigenvalue weighted by atomic mass is 9.81. The second-order valence-corrected chi connectivity index (χ2v) is 8.57. The lowest BCUT2D eigenvalue weighted by molar-refractivity contribution is 0.00264. The molecule has 0 aliphatic carbocycles. The topological polar surface area (TPSA) is 61.8 Å². The lowest BCUT2D eigenvalue weighted by Crippen LogP contribution is -2.53. The van der Waals surface area contributed by atoms with Crippen molar-refractivity contribution in [1.82, 2.24) is 10.2 Å². The van der Waals surface area contributed by atoms with Gasteiger partial charge in [-0.3, -0.25) is 0 Å². The average molecular weight is 314 g/mol. The first-order valence-corrected chi connectivity index (χ1v) is 8.26. The highest BCUT2D eigenvalue weighted by Gasteiger charge is 2.36. The van der Waals surface area contributed by atoms with Crippen molar-refractivity contribution in [2.45, 2.75) is 78.6 Å². The number of piperidine rings is 1. The van der Waals surface area contributed by atoms with Crippen molar-refractivity contribution in [3.8, 4) is 0 Å². The van der Waals surface area contributed by atoms with Gasteiger partial charge in [0.25, 0.3) is 0 Å². The highest BCUT2D eigenvalue weighted by molar-refractivity contribution is 5.68. The van der Waals surface area contributed by atoms with Gasteiger partial charge in [0.1, 0.15) is 5.60 Å². The van der Waals surface area contributed by atoms with Crippen molar-refractivity contribution in [3.63, 3.8) is 0 Å². The van der Waals surface area contributed by atoms with Crippen LogP contribution in [0.4, 0.5) is 4.79 Å². The van der Waals surface area contributed by atoms with Gasteiger partial charge >= 0.3 is 6.09 Å². The monoisotopic (exact) mass is 314 g/mol. The van der Waals surface area contributed by atoms with Gasteiger partial charge in [0.15, 0.2) is 0 Å². The fourth-order valence-corrected chi connectivity index (χ4v) is 2.59. The fourth-order valence-electron chi connectivity index (χ4n) is 2.59. The van der Waals surface area contributed by atoms with Crippen molar-refractivity contribution in [2.75, 3.05) is 19.6 Å². The molecule has 1 amide bonds. The molecule has 5 nitrogen and oxygen atoms in total. The maximum absolute atomic E-state index is 12.2. The van der Waals surface area contributed by atoms with E-state index in [2.05, 4.69) is 12.2 Å². The van der Waals surface area contributed by atoms with E-state index in [1.807, 2.05) is 32.6 Å². The highest BCUT2D eigenvalue weighted by Crippen LogP contribution is 2.30. The largest absolute Gasteiger partial charge is 0.444 e. The zero-order valence-corrected chi connectivity index (χ0v) is 15.3. The summed E-state index contributed by atoms with van der Waals surface area (Å²) < 4.78 is 5.48. The van der Waals surface area contributed by atoms with Gasteiger partial charge in [-0.2, -0.15) is 0 Å². The summed E-state index contributed by atoms with van der Waals surface area (Å²) in [4.78, 5) is 14.1. The first-order chi connectivity index (χ1) is 9.82. The number of aliphatic hydroxyl groups is 1. The van der Waals surface area contributed by atoms with Gasteiger partial charge < -0.3 is 20.1 Å². The summed E-state index contributed by atoms with van der Waals surface area (Å²) in [7, 11) is 0. The van der Waals surface area contributed by atoms with Crippen LogP contribution in [0, 0.1) is 5.41 Å². The first-order valence-electron chi connectivity index (χ1n) is 8.26. The molecule has 0 aromatic heterocycles. The Balaban J connectivity index is 2.59. The van der Waals surface area contributed by atoms with E-state index in [1.165, 1.54) is 0 Å². The molecule has 1 aliphatic rings. The minimum absolute atomic E-state index is 0.00114. The summed E-state index contributed by atoms with van der Waals surface area (Å²) in [5.41, 5.74) is -1.21. The van der Waals surface area contributed by atoms with Crippen LogP contribution in [-0.2, 0) is 4.74 Å². The fraction of sp³-hybridized carbons (Fsp3) is 0.941. The van der Waals surface area contributed by atoms with Gasteiger partial charge in [-0.1, -0.05) is 6.92 Å². The highest BCUT2D eigenvalue weighted by atomic mass is 16.6. The van der Waals surface area contributed by atoms with E-state index in [1.54, 1.807) is 13.8 Å². The number of amides is 1. The van der Waals surface area contributed by atoms with Gasteiger partial charge in [-0.15, -0.1) is 0 Å². The van der Waals surface area contributed by atoms with Crippen LogP contribution in [0.5, 0.6) is 0 Å². The summed E-state index contributed by atoms with van der Waals surface area (Å²) in [5, 5.41) is 13.4. The Kier molecular flexibility index (Phi) is 5.90. The van der Waals surface area contributed by atoms with Gasteiger partial charge in [0.2, 0.25) is 0 Å². The van der Waals surface area contributed by atoms with E-state index in [4.69, 9.17) is 4.74 Å². The number of carbonyl (C=O) groups excluding carboxylic acids is 1. The molecule has 2 unspecified atom stereocenters. The Labute approximate surface area is 135 Å². The van der Waals surface area contributed by atoms with Crippen molar-refractivity contribution in [2.24, 2.45) is 5.41 Å². The van der Waals surface area contributed by atoms with Gasteiger partial charge in [0.05, 0.1) is 5.60 Å². The molecule has 0 aromatic carbocycles. The molecule has 2 atom stereocenters. The molecule has 1 aliphatic heterocycles. The third-order valence-corrected chi connectivity index (χ3v) is 4.33. The van der Waals surface area contributed by atoms with Crippen molar-refractivity contribution < 1.29 is 14.6 Å². The third-order valence-electron chi connectivity index (χ3n) is 4.33. The van der Waals surface area contributed by atoms with Crippen LogP contribution < -0.4 is 5.32 Å². The molecule has 130 valence electrons. The number of hydrogen-bond acceptors (Lipinski definition) is 4. The Hall–Kier alpha value is -0.810. The van der Waals surface area contributed by atoms with Crippen LogP contribution in [0.15, 0.2) is 0 Å². The van der Waals surface area contributed by atoms with E-state index in [-0.39, 0.29) is 17.6 Å². The molecule has 0 saturated carbocycles. The Morgan fingerprint density at radius 2 is 1.95 bits per heavy atom. The molecule has 5 heteroatoms. The van der Waals surface area contributed by atoms with Gasteiger partial charge in [-0.25, -0.2) is 4.79 Å². The molecule has 1 heterocycles. The van der Waals surface area contributed by atoms with Crippen molar-refractivity contribution in [3.05, 3.63) is 0 Å². The second-order valence-electron chi connectivity index (χ2n) is 8.57. The molecule has 0 aromatic rings. The molecule has 0 radical (unpaired) electrons. The number of carbonyl (C=O) groups is 1. The van der Waals surface area contributed by atoms with E-state index in [0.717, 1.165) is 25.9 Å². The molecule has 22 heavy (non-hydrogen) atoms. The normalized spacial score (nSPS) is 25.0. The minimum atomic E-state index is -0.754. The molecule has 1 fully saturated rings. The van der Waals surface area contributed by atoms with Crippen LogP contribution in [0.2, 0.25) is 0 Å². The molecule has 2 N–H and O–H groups in total. The van der Waals surface area contributed by atoms with Crippen LogP contribution in [0.1, 0.15) is 61.3 Å². The summed E-state index contributed by atoms with van der Waals surface area (Å²) in [6, 6.07) is 0.00114. The molecule has 0 spiro atoms. The SMILES string of the molecule is CC(NCC1(C)CCCN(C(=O)OC(C)(C)C)C1)C(C)(C)O. The number of likely N-dealkylation sites (tertiary alicyclic amines) is 1. The minimum Gasteiger partial charge on any atom is -0.444 e. The summed E-state index contributed by atoms with van der Waals surface area (Å²) in [5.74, 6) is 0. The quantitative estimate of drug-likeness (QED) is 0.837. The summed E-state index contributed by atoms with van der Waals surface area (Å²) in [6.45, 7) is 15.7. The number of ether oxygens (including phenoxy) is 1. The maximum atomic E-state index is 12.2. The molecule has 1 rings (SSSR count). The average Bonchev–Trinajstić information content (AvgIpc) is 2.33. The summed E-state index contributed by atoms with van der Waals surface area (Å²) >= 11 is 0. The lowest BCUT2D eigenvalue weighted by Gasteiger charge is -2.42. The van der Waals surface area contributed by atoms with Crippen LogP contribution in [0.25, 0.3) is 0 Å². The smallest absolute Gasteiger partial charge is 0.410 e. The zero-order chi connectivity index (χ0) is 17.2. The van der Waals surface area contributed by atoms with Gasteiger partial charge in [0, 0.05) is 25.7 Å². The van der Waals surface area contributed by atoms with Crippen molar-refractivity contribution in [1.29, 1.82) is 0 Å².